The molecule has 0 N–H and O–H groups in total. The number of hydrogen-bond donors (Lipinski definition) is 0. The molecule has 2 aromatic carbocycles. The molecular formula is C23H27NO4S. The molecule has 0 fully saturated rings. The number of sulfone groups is 1. The van der Waals surface area contributed by atoms with E-state index in [-0.39, 0.29) is 11.7 Å². The maximum Gasteiger partial charge on any atom is 0.258 e. The standard InChI is InChI=1S/C23H27NO4S/c1-4-5-11-28-22-8-6-19(7-9-22)23(25)24(20-10-12-29(26,27)16-20)21-14-17(2)13-18(3)15-21/h6-10,12-15,20H,4-5,11,16H2,1-3H3/t20-/m0/s1. The van der Waals surface area contributed by atoms with Crippen molar-refractivity contribution in [3.8, 4) is 5.75 Å². The maximum absolute atomic E-state index is 13.4. The van der Waals surface area contributed by atoms with Crippen LogP contribution >= 0.6 is 0 Å². The van der Waals surface area contributed by atoms with Crippen LogP contribution in [0.3, 0.4) is 0 Å². The van der Waals surface area contributed by atoms with Gasteiger partial charge in [-0.1, -0.05) is 19.4 Å². The fraction of sp³-hybridized carbons (Fsp3) is 0.348. The monoisotopic (exact) mass is 413 g/mol. The second kappa shape index (κ2) is 8.82. The van der Waals surface area contributed by atoms with Gasteiger partial charge in [0.05, 0.1) is 18.4 Å². The first-order valence-corrected chi connectivity index (χ1v) is 11.6. The quantitative estimate of drug-likeness (QED) is 0.630. The zero-order valence-corrected chi connectivity index (χ0v) is 17.9. The molecule has 2 aromatic rings. The largest absolute Gasteiger partial charge is 0.494 e. The fourth-order valence-electron chi connectivity index (χ4n) is 3.44. The Kier molecular flexibility index (Phi) is 6.42. The normalized spacial score (nSPS) is 17.3. The highest BCUT2D eigenvalue weighted by Gasteiger charge is 2.32. The molecule has 1 amide bonds. The van der Waals surface area contributed by atoms with Crippen molar-refractivity contribution in [3.63, 3.8) is 0 Å². The van der Waals surface area contributed by atoms with E-state index in [2.05, 4.69) is 6.92 Å². The van der Waals surface area contributed by atoms with Crippen molar-refractivity contribution in [1.82, 2.24) is 0 Å². The number of aryl methyl sites for hydroxylation is 2. The molecule has 1 atom stereocenters. The number of benzene rings is 2. The lowest BCUT2D eigenvalue weighted by molar-refractivity contribution is 0.0983. The molecule has 0 radical (unpaired) electrons. The Labute approximate surface area is 172 Å². The molecule has 1 aliphatic rings. The number of carbonyl (C=O) groups is 1. The summed E-state index contributed by atoms with van der Waals surface area (Å²) in [4.78, 5) is 15.0. The van der Waals surface area contributed by atoms with Crippen LogP contribution in [0.4, 0.5) is 5.69 Å². The minimum absolute atomic E-state index is 0.107. The Bertz CT molecular complexity index is 989. The maximum atomic E-state index is 13.4. The van der Waals surface area contributed by atoms with Crippen molar-refractivity contribution in [2.24, 2.45) is 0 Å². The second-order valence-electron chi connectivity index (χ2n) is 7.47. The summed E-state index contributed by atoms with van der Waals surface area (Å²) < 4.78 is 29.7. The Morgan fingerprint density at radius 1 is 1.10 bits per heavy atom. The van der Waals surface area contributed by atoms with Crippen LogP contribution in [0.25, 0.3) is 0 Å². The van der Waals surface area contributed by atoms with Gasteiger partial charge in [-0.15, -0.1) is 0 Å². The number of nitrogens with zero attached hydrogens (tertiary/aromatic N) is 1. The smallest absolute Gasteiger partial charge is 0.258 e. The van der Waals surface area contributed by atoms with Gasteiger partial charge in [0.1, 0.15) is 5.75 Å². The molecule has 0 bridgehead atoms. The van der Waals surface area contributed by atoms with Crippen molar-refractivity contribution in [3.05, 3.63) is 70.6 Å². The van der Waals surface area contributed by atoms with Crippen LogP contribution in [0.1, 0.15) is 41.3 Å². The summed E-state index contributed by atoms with van der Waals surface area (Å²) in [6.45, 7) is 6.67. The van der Waals surface area contributed by atoms with E-state index in [1.54, 1.807) is 35.2 Å². The lowest BCUT2D eigenvalue weighted by atomic mass is 10.1. The van der Waals surface area contributed by atoms with Crippen molar-refractivity contribution < 1.29 is 17.9 Å². The molecule has 3 rings (SSSR count). The number of rotatable bonds is 7. The lowest BCUT2D eigenvalue weighted by Gasteiger charge is -2.28. The van der Waals surface area contributed by atoms with E-state index < -0.39 is 15.9 Å². The SMILES string of the molecule is CCCCOc1ccc(C(=O)N(c2cc(C)cc(C)c2)[C@H]2C=CS(=O)(=O)C2)cc1. The van der Waals surface area contributed by atoms with Crippen LogP contribution in [0.15, 0.2) is 53.9 Å². The molecule has 0 aromatic heterocycles. The fourth-order valence-corrected chi connectivity index (χ4v) is 4.70. The third-order valence-electron chi connectivity index (χ3n) is 4.81. The van der Waals surface area contributed by atoms with Gasteiger partial charge in [-0.25, -0.2) is 8.42 Å². The van der Waals surface area contributed by atoms with Crippen LogP contribution in [-0.4, -0.2) is 32.7 Å². The molecule has 0 unspecified atom stereocenters. The van der Waals surface area contributed by atoms with Crippen molar-refractivity contribution >= 4 is 21.4 Å². The van der Waals surface area contributed by atoms with Gasteiger partial charge in [-0.05, 0) is 73.9 Å². The first kappa shape index (κ1) is 21.1. The van der Waals surface area contributed by atoms with Gasteiger partial charge < -0.3 is 9.64 Å². The van der Waals surface area contributed by atoms with Crippen LogP contribution in [0, 0.1) is 13.8 Å². The van der Waals surface area contributed by atoms with Crippen LogP contribution in [-0.2, 0) is 9.84 Å². The molecule has 6 heteroatoms. The van der Waals surface area contributed by atoms with E-state index in [0.29, 0.717) is 17.9 Å². The lowest BCUT2D eigenvalue weighted by Crippen LogP contribution is -2.41. The van der Waals surface area contributed by atoms with E-state index in [1.807, 2.05) is 32.0 Å². The summed E-state index contributed by atoms with van der Waals surface area (Å²) in [5.74, 6) is 0.377. The first-order valence-electron chi connectivity index (χ1n) is 9.85. The summed E-state index contributed by atoms with van der Waals surface area (Å²) in [5, 5.41) is 1.20. The molecule has 0 saturated heterocycles. The third-order valence-corrected chi connectivity index (χ3v) is 6.19. The summed E-state index contributed by atoms with van der Waals surface area (Å²) >= 11 is 0. The van der Waals surface area contributed by atoms with Crippen molar-refractivity contribution in [2.75, 3.05) is 17.3 Å². The molecule has 1 aliphatic heterocycles. The minimum Gasteiger partial charge on any atom is -0.494 e. The highest BCUT2D eigenvalue weighted by Crippen LogP contribution is 2.27. The van der Waals surface area contributed by atoms with E-state index >= 15 is 0 Å². The predicted octanol–water partition coefficient (Wildman–Crippen LogP) is 4.44. The van der Waals surface area contributed by atoms with Crippen LogP contribution < -0.4 is 9.64 Å². The summed E-state index contributed by atoms with van der Waals surface area (Å²) in [5.41, 5.74) is 3.22. The van der Waals surface area contributed by atoms with E-state index in [0.717, 1.165) is 29.7 Å². The average molecular weight is 414 g/mol. The number of unbranched alkanes of at least 4 members (excludes halogenated alkanes) is 1. The van der Waals surface area contributed by atoms with Gasteiger partial charge in [0.15, 0.2) is 9.84 Å². The van der Waals surface area contributed by atoms with E-state index in [9.17, 15) is 13.2 Å². The number of ether oxygens (including phenoxy) is 1. The highest BCUT2D eigenvalue weighted by molar-refractivity contribution is 7.94. The topological polar surface area (TPSA) is 63.7 Å². The number of amides is 1. The van der Waals surface area contributed by atoms with Crippen molar-refractivity contribution in [2.45, 2.75) is 39.7 Å². The number of hydrogen-bond acceptors (Lipinski definition) is 4. The summed E-state index contributed by atoms with van der Waals surface area (Å²) in [6.07, 6.45) is 3.62. The molecule has 5 nitrogen and oxygen atoms in total. The van der Waals surface area contributed by atoms with Gasteiger partial charge in [-0.3, -0.25) is 4.79 Å². The summed E-state index contributed by atoms with van der Waals surface area (Å²) in [6, 6.07) is 12.3. The minimum atomic E-state index is -3.30. The molecule has 1 heterocycles. The van der Waals surface area contributed by atoms with Gasteiger partial charge in [0.2, 0.25) is 0 Å². The molecule has 29 heavy (non-hydrogen) atoms. The number of carbonyl (C=O) groups excluding carboxylic acids is 1. The molecule has 154 valence electrons. The van der Waals surface area contributed by atoms with Gasteiger partial charge in [0.25, 0.3) is 5.91 Å². The average Bonchev–Trinajstić information content (AvgIpc) is 3.01. The molecular weight excluding hydrogens is 386 g/mol. The van der Waals surface area contributed by atoms with E-state index in [1.165, 1.54) is 5.41 Å². The third kappa shape index (κ3) is 5.26. The van der Waals surface area contributed by atoms with Gasteiger partial charge in [0, 0.05) is 16.7 Å². The Morgan fingerprint density at radius 2 is 1.76 bits per heavy atom. The molecule has 0 spiro atoms. The Morgan fingerprint density at radius 3 is 2.31 bits per heavy atom. The first-order chi connectivity index (χ1) is 13.8. The second-order valence-corrected chi connectivity index (χ2v) is 9.40. The zero-order chi connectivity index (χ0) is 21.0. The molecule has 0 saturated carbocycles. The van der Waals surface area contributed by atoms with Crippen molar-refractivity contribution in [1.29, 1.82) is 0 Å². The van der Waals surface area contributed by atoms with Crippen LogP contribution in [0.5, 0.6) is 5.75 Å². The van der Waals surface area contributed by atoms with Gasteiger partial charge >= 0.3 is 0 Å². The predicted molar refractivity (Wildman–Crippen MR) is 116 cm³/mol. The van der Waals surface area contributed by atoms with E-state index in [4.69, 9.17) is 4.74 Å². The summed E-state index contributed by atoms with van der Waals surface area (Å²) in [7, 11) is -3.30. The van der Waals surface area contributed by atoms with Gasteiger partial charge in [-0.2, -0.15) is 0 Å². The Balaban J connectivity index is 1.91. The molecule has 0 aliphatic carbocycles. The zero-order valence-electron chi connectivity index (χ0n) is 17.1. The highest BCUT2D eigenvalue weighted by atomic mass is 32.2. The van der Waals surface area contributed by atoms with Crippen LogP contribution in [0.2, 0.25) is 0 Å². The number of anilines is 1. The Hall–Kier alpha value is -2.60.